The largest absolute Gasteiger partial charge is 0.495 e. The van der Waals surface area contributed by atoms with Gasteiger partial charge in [0.2, 0.25) is 0 Å². The summed E-state index contributed by atoms with van der Waals surface area (Å²) in [5.74, 6) is 1.20. The monoisotopic (exact) mass is 359 g/mol. The lowest BCUT2D eigenvalue weighted by atomic mass is 10.1. The van der Waals surface area contributed by atoms with Crippen LogP contribution in [0.2, 0.25) is 5.02 Å². The molecule has 1 amide bonds. The second-order valence-corrected chi connectivity index (χ2v) is 6.61. The molecule has 2 aromatic rings. The van der Waals surface area contributed by atoms with E-state index >= 15 is 0 Å². The van der Waals surface area contributed by atoms with Crippen molar-refractivity contribution in [1.29, 1.82) is 0 Å². The quantitative estimate of drug-likeness (QED) is 0.884. The van der Waals surface area contributed by atoms with Crippen molar-refractivity contribution in [2.75, 3.05) is 30.4 Å². The Bertz CT molecular complexity index is 773. The lowest BCUT2D eigenvalue weighted by molar-refractivity contribution is 0.102. The number of piperidine rings is 1. The summed E-state index contributed by atoms with van der Waals surface area (Å²) < 4.78 is 5.32. The first-order valence-electron chi connectivity index (χ1n) is 8.45. The Morgan fingerprint density at radius 1 is 1.24 bits per heavy atom. The van der Waals surface area contributed by atoms with Gasteiger partial charge in [-0.05, 0) is 49.9 Å². The molecule has 25 heavy (non-hydrogen) atoms. The Labute approximate surface area is 153 Å². The Kier molecular flexibility index (Phi) is 5.43. The highest BCUT2D eigenvalue weighted by Gasteiger charge is 2.16. The molecule has 3 rings (SSSR count). The van der Waals surface area contributed by atoms with Gasteiger partial charge in [0.25, 0.3) is 5.91 Å². The van der Waals surface area contributed by atoms with Crippen molar-refractivity contribution in [3.05, 3.63) is 46.6 Å². The van der Waals surface area contributed by atoms with Crippen molar-refractivity contribution < 1.29 is 9.53 Å². The summed E-state index contributed by atoms with van der Waals surface area (Å²) in [5, 5.41) is 3.51. The molecule has 0 bridgehead atoms. The van der Waals surface area contributed by atoms with Gasteiger partial charge in [-0.3, -0.25) is 4.79 Å². The van der Waals surface area contributed by atoms with Crippen molar-refractivity contribution in [3.63, 3.8) is 0 Å². The average Bonchev–Trinajstić information content (AvgIpc) is 2.65. The maximum absolute atomic E-state index is 12.7. The molecule has 132 valence electrons. The number of aryl methyl sites for hydroxylation is 1. The summed E-state index contributed by atoms with van der Waals surface area (Å²) in [5.41, 5.74) is 2.05. The Morgan fingerprint density at radius 2 is 2.00 bits per heavy atom. The fourth-order valence-corrected chi connectivity index (χ4v) is 3.13. The number of benzene rings is 1. The third-order valence-corrected chi connectivity index (χ3v) is 4.82. The molecule has 5 nitrogen and oxygen atoms in total. The van der Waals surface area contributed by atoms with Crippen LogP contribution in [-0.4, -0.2) is 31.1 Å². The molecule has 1 aliphatic heterocycles. The van der Waals surface area contributed by atoms with Crippen LogP contribution in [0.3, 0.4) is 0 Å². The van der Waals surface area contributed by atoms with Gasteiger partial charge in [0.15, 0.2) is 0 Å². The number of hydrogen-bond acceptors (Lipinski definition) is 4. The van der Waals surface area contributed by atoms with Crippen LogP contribution in [-0.2, 0) is 0 Å². The third-order valence-electron chi connectivity index (χ3n) is 4.42. The van der Waals surface area contributed by atoms with E-state index in [0.717, 1.165) is 24.5 Å². The molecule has 1 saturated heterocycles. The number of pyridine rings is 1. The van der Waals surface area contributed by atoms with E-state index in [4.69, 9.17) is 16.3 Å². The number of anilines is 2. The van der Waals surface area contributed by atoms with Crippen LogP contribution in [0.5, 0.6) is 5.75 Å². The number of amides is 1. The van der Waals surface area contributed by atoms with Gasteiger partial charge in [0.1, 0.15) is 11.6 Å². The van der Waals surface area contributed by atoms with Gasteiger partial charge in [0, 0.05) is 35.9 Å². The van der Waals surface area contributed by atoms with E-state index in [1.165, 1.54) is 19.3 Å². The summed E-state index contributed by atoms with van der Waals surface area (Å²) in [6, 6.07) is 7.08. The second kappa shape index (κ2) is 7.74. The number of halogens is 1. The number of rotatable bonds is 4. The van der Waals surface area contributed by atoms with E-state index in [9.17, 15) is 4.79 Å². The van der Waals surface area contributed by atoms with Crippen molar-refractivity contribution >= 4 is 29.0 Å². The van der Waals surface area contributed by atoms with Crippen LogP contribution in [0.4, 0.5) is 11.5 Å². The minimum Gasteiger partial charge on any atom is -0.495 e. The van der Waals surface area contributed by atoms with Crippen LogP contribution >= 0.6 is 11.6 Å². The number of aromatic nitrogens is 1. The molecule has 1 aromatic heterocycles. The van der Waals surface area contributed by atoms with Crippen LogP contribution in [0.25, 0.3) is 0 Å². The van der Waals surface area contributed by atoms with E-state index < -0.39 is 0 Å². The van der Waals surface area contributed by atoms with E-state index in [1.807, 2.05) is 19.1 Å². The average molecular weight is 360 g/mol. The van der Waals surface area contributed by atoms with Crippen LogP contribution in [0.15, 0.2) is 30.5 Å². The molecule has 0 saturated carbocycles. The molecule has 0 aliphatic carbocycles. The molecule has 6 heteroatoms. The van der Waals surface area contributed by atoms with Gasteiger partial charge in [0.05, 0.1) is 12.8 Å². The van der Waals surface area contributed by atoms with Gasteiger partial charge >= 0.3 is 0 Å². The van der Waals surface area contributed by atoms with Gasteiger partial charge in [-0.2, -0.15) is 0 Å². The molecule has 0 atom stereocenters. The van der Waals surface area contributed by atoms with Crippen LogP contribution < -0.4 is 15.0 Å². The molecular weight excluding hydrogens is 338 g/mol. The predicted octanol–water partition coefficient (Wildman–Crippen LogP) is 4.29. The lowest BCUT2D eigenvalue weighted by Gasteiger charge is -2.27. The molecule has 0 unspecified atom stereocenters. The lowest BCUT2D eigenvalue weighted by Crippen LogP contribution is -2.30. The minimum atomic E-state index is -0.194. The van der Waals surface area contributed by atoms with Gasteiger partial charge in [-0.1, -0.05) is 11.6 Å². The first kappa shape index (κ1) is 17.5. The topological polar surface area (TPSA) is 54.5 Å². The van der Waals surface area contributed by atoms with Crippen molar-refractivity contribution in [1.82, 2.24) is 4.98 Å². The Hall–Kier alpha value is -2.27. The summed E-state index contributed by atoms with van der Waals surface area (Å²) >= 11 is 6.12. The highest BCUT2D eigenvalue weighted by atomic mass is 35.5. The molecule has 2 heterocycles. The zero-order chi connectivity index (χ0) is 17.8. The molecule has 0 radical (unpaired) electrons. The number of nitrogens with one attached hydrogen (secondary N) is 1. The standard InChI is InChI=1S/C19H22ClN3O2/c1-13-10-16(17(25-2)12-15(13)20)22-19(24)14-6-7-21-18(11-14)23-8-4-3-5-9-23/h6-7,10-12H,3-5,8-9H2,1-2H3,(H,22,24). The van der Waals surface area contributed by atoms with Crippen molar-refractivity contribution in [2.24, 2.45) is 0 Å². The Morgan fingerprint density at radius 3 is 2.72 bits per heavy atom. The summed E-state index contributed by atoms with van der Waals surface area (Å²) in [4.78, 5) is 19.3. The van der Waals surface area contributed by atoms with Crippen molar-refractivity contribution in [3.8, 4) is 5.75 Å². The van der Waals surface area contributed by atoms with E-state index in [1.54, 1.807) is 25.4 Å². The number of carbonyl (C=O) groups is 1. The number of nitrogens with zero attached hydrogens (tertiary/aromatic N) is 2. The zero-order valence-corrected chi connectivity index (χ0v) is 15.3. The molecule has 1 fully saturated rings. The van der Waals surface area contributed by atoms with E-state index in [2.05, 4.69) is 15.2 Å². The molecule has 0 spiro atoms. The molecular formula is C19H22ClN3O2. The maximum atomic E-state index is 12.7. The Balaban J connectivity index is 1.81. The summed E-state index contributed by atoms with van der Waals surface area (Å²) in [6.45, 7) is 3.86. The molecule has 1 N–H and O–H groups in total. The third kappa shape index (κ3) is 4.04. The van der Waals surface area contributed by atoms with E-state index in [0.29, 0.717) is 22.0 Å². The minimum absolute atomic E-state index is 0.194. The van der Waals surface area contributed by atoms with Gasteiger partial charge in [-0.25, -0.2) is 4.98 Å². The molecule has 1 aliphatic rings. The van der Waals surface area contributed by atoms with Gasteiger partial charge in [-0.15, -0.1) is 0 Å². The number of hydrogen-bond donors (Lipinski definition) is 1. The van der Waals surface area contributed by atoms with Crippen LogP contribution in [0.1, 0.15) is 35.2 Å². The fourth-order valence-electron chi connectivity index (χ4n) is 2.98. The second-order valence-electron chi connectivity index (χ2n) is 6.21. The number of ether oxygens (including phenoxy) is 1. The first-order chi connectivity index (χ1) is 12.1. The normalized spacial score (nSPS) is 14.3. The fraction of sp³-hybridized carbons (Fsp3) is 0.368. The number of methoxy groups -OCH3 is 1. The zero-order valence-electron chi connectivity index (χ0n) is 14.5. The first-order valence-corrected chi connectivity index (χ1v) is 8.83. The summed E-state index contributed by atoms with van der Waals surface area (Å²) in [6.07, 6.45) is 5.27. The highest BCUT2D eigenvalue weighted by molar-refractivity contribution is 6.31. The maximum Gasteiger partial charge on any atom is 0.255 e. The highest BCUT2D eigenvalue weighted by Crippen LogP contribution is 2.31. The van der Waals surface area contributed by atoms with Crippen LogP contribution in [0, 0.1) is 6.92 Å². The summed E-state index contributed by atoms with van der Waals surface area (Å²) in [7, 11) is 1.55. The predicted molar refractivity (Wildman–Crippen MR) is 101 cm³/mol. The smallest absolute Gasteiger partial charge is 0.255 e. The molecule has 1 aromatic carbocycles. The van der Waals surface area contributed by atoms with E-state index in [-0.39, 0.29) is 5.91 Å². The number of carbonyl (C=O) groups excluding carboxylic acids is 1. The van der Waals surface area contributed by atoms with Crippen molar-refractivity contribution in [2.45, 2.75) is 26.2 Å². The SMILES string of the molecule is COc1cc(Cl)c(C)cc1NC(=O)c1ccnc(N2CCCCC2)c1. The van der Waals surface area contributed by atoms with Gasteiger partial charge < -0.3 is 15.0 Å².